The van der Waals surface area contributed by atoms with E-state index in [-0.39, 0.29) is 25.3 Å². The monoisotopic (exact) mass is 552 g/mol. The fourth-order valence-corrected chi connectivity index (χ4v) is 3.58. The summed E-state index contributed by atoms with van der Waals surface area (Å²) in [4.78, 5) is 15.1. The van der Waals surface area contributed by atoms with Gasteiger partial charge in [0.05, 0.1) is 18.4 Å². The molecule has 0 aliphatic carbocycles. The minimum absolute atomic E-state index is 0.00739. The van der Waals surface area contributed by atoms with Crippen LogP contribution < -0.4 is 10.6 Å². The summed E-state index contributed by atoms with van der Waals surface area (Å²) < 4.78 is 0. The van der Waals surface area contributed by atoms with Gasteiger partial charge >= 0.3 is 0 Å². The molecule has 8 heteroatoms. The summed E-state index contributed by atoms with van der Waals surface area (Å²) in [5.74, 6) is 1.38. The maximum absolute atomic E-state index is 9.41. The lowest BCUT2D eigenvalue weighted by molar-refractivity contribution is 0.206. The Bertz CT molecular complexity index is 1030. The zero-order chi connectivity index (χ0) is 30.5. The smallest absolute Gasteiger partial charge is 0.158 e. The quantitative estimate of drug-likeness (QED) is 0.123. The van der Waals surface area contributed by atoms with Crippen LogP contribution in [-0.2, 0) is 0 Å². The molecule has 0 fully saturated rings. The number of aliphatic hydroxyl groups is 2. The summed E-state index contributed by atoms with van der Waals surface area (Å²) >= 11 is 0. The Labute approximate surface area is 242 Å². The maximum atomic E-state index is 9.41. The van der Waals surface area contributed by atoms with Gasteiger partial charge in [-0.25, -0.2) is 4.99 Å². The number of hydrogen-bond donors (Lipinski definition) is 4. The molecule has 0 aromatic heterocycles. The lowest BCUT2D eigenvalue weighted by Gasteiger charge is -2.26. The first-order valence-corrected chi connectivity index (χ1v) is 13.8. The molecule has 0 radical (unpaired) electrons. The van der Waals surface area contributed by atoms with E-state index < -0.39 is 0 Å². The average Bonchev–Trinajstić information content (AvgIpc) is 3.11. The lowest BCUT2D eigenvalue weighted by Crippen LogP contribution is -2.36. The first kappa shape index (κ1) is 36.5. The van der Waals surface area contributed by atoms with Crippen LogP contribution in [-0.4, -0.2) is 72.8 Å². The SMILES string of the molecule is C=CN=C(/C=C\C)C(=C)/C=C\C/C(C)=C\CC.C=NC1=C(NC)CC=C(NC(CO)CCO)N=C1N(C)C(C)C. The molecule has 0 saturated heterocycles. The predicted octanol–water partition coefficient (Wildman–Crippen LogP) is 5.44. The number of hydrogen-bond acceptors (Lipinski definition) is 8. The van der Waals surface area contributed by atoms with Crippen LogP contribution >= 0.6 is 0 Å². The lowest BCUT2D eigenvalue weighted by atomic mass is 10.1. The van der Waals surface area contributed by atoms with Gasteiger partial charge in [0.25, 0.3) is 0 Å². The number of nitrogens with one attached hydrogen (secondary N) is 2. The van der Waals surface area contributed by atoms with Gasteiger partial charge < -0.3 is 25.7 Å². The standard InChI is InChI=1S/C16H29N5O2.C16H23N/c1-11(2)21(5)16-15(18-4)13(17-3)6-7-14(20-16)19-12(10-23)8-9-22;1-6-10-14(4)12-9-13-15(5)16(11-7-2)17-8-3/h7,11-12,17,19,22-23H,4,6,8-10H2,1-3,5H3;7-11,13H,3,5-6,12H2,1-2,4H3/b;11-7-,13-9-,14-10-,17-16?. The van der Waals surface area contributed by atoms with E-state index in [9.17, 15) is 5.11 Å². The van der Waals surface area contributed by atoms with E-state index in [1.54, 1.807) is 0 Å². The highest BCUT2D eigenvalue weighted by Gasteiger charge is 2.21. The van der Waals surface area contributed by atoms with Crippen molar-refractivity contribution in [2.45, 2.75) is 72.4 Å². The van der Waals surface area contributed by atoms with Gasteiger partial charge in [0.2, 0.25) is 0 Å². The van der Waals surface area contributed by atoms with Crippen molar-refractivity contribution < 1.29 is 10.2 Å². The Kier molecular flexibility index (Phi) is 19.5. The fourth-order valence-electron chi connectivity index (χ4n) is 3.58. The van der Waals surface area contributed by atoms with Crippen molar-refractivity contribution in [2.75, 3.05) is 27.3 Å². The predicted molar refractivity (Wildman–Crippen MR) is 174 cm³/mol. The zero-order valence-corrected chi connectivity index (χ0v) is 25.7. The third-order valence-corrected chi connectivity index (χ3v) is 6.04. The molecule has 0 bridgehead atoms. The highest BCUT2D eigenvalue weighted by atomic mass is 16.3. The minimum atomic E-state index is -0.239. The van der Waals surface area contributed by atoms with E-state index in [4.69, 9.17) is 5.11 Å². The molecule has 8 nitrogen and oxygen atoms in total. The summed E-state index contributed by atoms with van der Waals surface area (Å²) in [6, 6.07) is 0.00548. The second-order valence-electron chi connectivity index (χ2n) is 9.49. The van der Waals surface area contributed by atoms with Gasteiger partial charge in [-0.1, -0.05) is 50.0 Å². The fraction of sp³-hybridized carbons (Fsp3) is 0.469. The van der Waals surface area contributed by atoms with Crippen LogP contribution in [0.2, 0.25) is 0 Å². The topological polar surface area (TPSA) is 105 Å². The normalized spacial score (nSPS) is 15.2. The summed E-state index contributed by atoms with van der Waals surface area (Å²) in [5.41, 5.74) is 4.80. The summed E-state index contributed by atoms with van der Waals surface area (Å²) in [6.45, 7) is 21.6. The molecular weight excluding hydrogens is 500 g/mol. The summed E-state index contributed by atoms with van der Waals surface area (Å²) in [6.07, 6.45) is 16.9. The van der Waals surface area contributed by atoms with E-state index in [1.807, 2.05) is 50.2 Å². The van der Waals surface area contributed by atoms with Crippen molar-refractivity contribution in [1.82, 2.24) is 15.5 Å². The third kappa shape index (κ3) is 13.5. The first-order valence-electron chi connectivity index (χ1n) is 13.8. The Morgan fingerprint density at radius 2 is 1.98 bits per heavy atom. The van der Waals surface area contributed by atoms with Gasteiger partial charge in [-0.2, -0.15) is 0 Å². The van der Waals surface area contributed by atoms with Gasteiger partial charge in [0, 0.05) is 45.1 Å². The van der Waals surface area contributed by atoms with E-state index >= 15 is 0 Å². The van der Waals surface area contributed by atoms with Gasteiger partial charge in [-0.3, -0.25) is 9.98 Å². The molecule has 222 valence electrons. The molecule has 0 amide bonds. The van der Waals surface area contributed by atoms with Crippen LogP contribution in [0.15, 0.2) is 99.2 Å². The van der Waals surface area contributed by atoms with Crippen molar-refractivity contribution in [2.24, 2.45) is 15.0 Å². The molecule has 1 unspecified atom stereocenters. The molecule has 1 atom stereocenters. The van der Waals surface area contributed by atoms with Gasteiger partial charge in [-0.05, 0) is 71.4 Å². The van der Waals surface area contributed by atoms with E-state index in [1.165, 1.54) is 11.8 Å². The van der Waals surface area contributed by atoms with E-state index in [0.717, 1.165) is 41.4 Å². The molecule has 0 saturated carbocycles. The second-order valence-corrected chi connectivity index (χ2v) is 9.49. The minimum Gasteiger partial charge on any atom is -0.396 e. The molecule has 1 aliphatic heterocycles. The van der Waals surface area contributed by atoms with Crippen LogP contribution in [0.25, 0.3) is 0 Å². The number of nitrogens with zero attached hydrogens (tertiary/aromatic N) is 4. The highest BCUT2D eigenvalue weighted by molar-refractivity contribution is 6.10. The number of likely N-dealkylation sites (N-methyl/N-ethyl adjacent to an activating group) is 1. The molecule has 1 rings (SSSR count). The second kappa shape index (κ2) is 21.3. The van der Waals surface area contributed by atoms with Crippen molar-refractivity contribution in [3.63, 3.8) is 0 Å². The zero-order valence-electron chi connectivity index (χ0n) is 25.7. The molecular formula is C32H52N6O2. The van der Waals surface area contributed by atoms with E-state index in [2.05, 4.69) is 85.3 Å². The van der Waals surface area contributed by atoms with Crippen LogP contribution in [0.5, 0.6) is 0 Å². The Balaban J connectivity index is 0.000000799. The molecule has 0 aromatic carbocycles. The summed E-state index contributed by atoms with van der Waals surface area (Å²) in [5, 5.41) is 24.8. The molecule has 0 aromatic rings. The molecule has 1 aliphatic rings. The van der Waals surface area contributed by atoms with Gasteiger partial charge in [0.15, 0.2) is 5.84 Å². The Morgan fingerprint density at radius 3 is 2.48 bits per heavy atom. The van der Waals surface area contributed by atoms with Crippen LogP contribution in [0.1, 0.15) is 60.3 Å². The van der Waals surface area contributed by atoms with Crippen molar-refractivity contribution >= 4 is 18.3 Å². The van der Waals surface area contributed by atoms with Crippen molar-refractivity contribution in [3.05, 3.63) is 84.2 Å². The number of allylic oxidation sites excluding steroid dienone is 8. The van der Waals surface area contributed by atoms with Crippen molar-refractivity contribution in [1.29, 1.82) is 0 Å². The van der Waals surface area contributed by atoms with E-state index in [0.29, 0.717) is 18.7 Å². The van der Waals surface area contributed by atoms with Crippen LogP contribution in [0.4, 0.5) is 0 Å². The largest absolute Gasteiger partial charge is 0.396 e. The number of aliphatic imine (C=N–C) groups is 3. The van der Waals surface area contributed by atoms with Gasteiger partial charge in [-0.15, -0.1) is 0 Å². The summed E-state index contributed by atoms with van der Waals surface area (Å²) in [7, 11) is 3.81. The van der Waals surface area contributed by atoms with Crippen LogP contribution in [0.3, 0.4) is 0 Å². The van der Waals surface area contributed by atoms with Gasteiger partial charge in [0.1, 0.15) is 11.5 Å². The van der Waals surface area contributed by atoms with Crippen LogP contribution in [0, 0.1) is 0 Å². The number of rotatable bonds is 15. The Morgan fingerprint density at radius 1 is 1.27 bits per heavy atom. The highest BCUT2D eigenvalue weighted by Crippen LogP contribution is 2.20. The molecule has 4 N–H and O–H groups in total. The first-order chi connectivity index (χ1) is 19.1. The Hall–Kier alpha value is -3.49. The molecule has 40 heavy (non-hydrogen) atoms. The number of amidine groups is 1. The third-order valence-electron chi connectivity index (χ3n) is 6.04. The molecule has 1 heterocycles. The number of aliphatic hydroxyl groups excluding tert-OH is 2. The molecule has 0 spiro atoms. The van der Waals surface area contributed by atoms with Crippen molar-refractivity contribution in [3.8, 4) is 0 Å². The average molecular weight is 553 g/mol. The maximum Gasteiger partial charge on any atom is 0.158 e.